The molecule has 0 aliphatic carbocycles. The van der Waals surface area contributed by atoms with E-state index in [2.05, 4.69) is 4.74 Å². The molecule has 0 aromatic carbocycles. The second kappa shape index (κ2) is 9.57. The number of carbonyl (C=O) groups is 1. The largest absolute Gasteiger partial charge is 1.00 e. The van der Waals surface area contributed by atoms with Crippen molar-refractivity contribution in [3.8, 4) is 0 Å². The topological polar surface area (TPSA) is 47.6 Å². The summed E-state index contributed by atoms with van der Waals surface area (Å²) in [6, 6.07) is -1.61. The second-order valence-corrected chi connectivity index (χ2v) is 4.88. The number of nitrogens with one attached hydrogen (secondary N) is 1. The molecule has 0 radical (unpaired) electrons. The quantitative estimate of drug-likeness (QED) is 0.549. The third-order valence-corrected chi connectivity index (χ3v) is 1.70. The van der Waals surface area contributed by atoms with Gasteiger partial charge in [-0.25, -0.2) is 4.79 Å². The molecule has 1 atom stereocenters. The second-order valence-electron chi connectivity index (χ2n) is 4.88. The number of hydrogen-bond acceptors (Lipinski definition) is 3. The molecule has 1 N–H and O–H groups in total. The minimum atomic E-state index is -5.25. The molecular formula is C9H16BF5KNO3. The van der Waals surface area contributed by atoms with Crippen LogP contribution in [0.1, 0.15) is 20.8 Å². The number of ether oxygens (including phenoxy) is 2. The first kappa shape index (κ1) is 22.9. The van der Waals surface area contributed by atoms with Gasteiger partial charge in [0.15, 0.2) is 0 Å². The number of amides is 1. The summed E-state index contributed by atoms with van der Waals surface area (Å²) in [6.45, 7) is -4.84. The van der Waals surface area contributed by atoms with Crippen LogP contribution >= 0.6 is 0 Å². The van der Waals surface area contributed by atoms with Crippen molar-refractivity contribution in [3.05, 3.63) is 0 Å². The van der Waals surface area contributed by atoms with Gasteiger partial charge in [-0.2, -0.15) is 8.78 Å². The molecule has 0 saturated heterocycles. The van der Waals surface area contributed by atoms with Gasteiger partial charge < -0.3 is 27.7 Å². The van der Waals surface area contributed by atoms with Crippen LogP contribution in [0.3, 0.4) is 0 Å². The van der Waals surface area contributed by atoms with Gasteiger partial charge in [0.1, 0.15) is 5.60 Å². The Morgan fingerprint density at radius 1 is 1.25 bits per heavy atom. The average Bonchev–Trinajstić information content (AvgIpc) is 2.08. The summed E-state index contributed by atoms with van der Waals surface area (Å²) in [5.41, 5.74) is -0.901. The number of rotatable bonds is 6. The molecule has 0 heterocycles. The number of alkyl halides is 2. The fourth-order valence-corrected chi connectivity index (χ4v) is 1.15. The molecule has 0 spiro atoms. The molecule has 0 aromatic rings. The molecule has 114 valence electrons. The van der Waals surface area contributed by atoms with Gasteiger partial charge in [-0.15, -0.1) is 0 Å². The van der Waals surface area contributed by atoms with E-state index in [0.717, 1.165) is 0 Å². The smallest absolute Gasteiger partial charge is 0.449 e. The molecule has 0 bridgehead atoms. The van der Waals surface area contributed by atoms with Crippen molar-refractivity contribution >= 4 is 13.1 Å². The normalized spacial score (nSPS) is 13.7. The summed E-state index contributed by atoms with van der Waals surface area (Å²) in [5.74, 6) is 0. The standard InChI is InChI=1S/C9H16BF5NO3.K/c1-9(2,3)19-8(17)16-6(4-10(13,14)15)5-18-7(11)12;/h6-7H,4-5H2,1-3H3,(H,16,17);/q-1;+1/t6-;/m1./s1. The van der Waals surface area contributed by atoms with Crippen LogP contribution in [0, 0.1) is 0 Å². The summed E-state index contributed by atoms with van der Waals surface area (Å²) in [6.07, 6.45) is -2.54. The SMILES string of the molecule is CC(C)(C)OC(=O)N[C@@H](COC(F)F)C[B-](F)(F)F.[K+]. The molecule has 1 amide bonds. The fraction of sp³-hybridized carbons (Fsp3) is 0.889. The van der Waals surface area contributed by atoms with E-state index in [9.17, 15) is 26.5 Å². The summed E-state index contributed by atoms with van der Waals surface area (Å²) >= 11 is 0. The predicted octanol–water partition coefficient (Wildman–Crippen LogP) is -0.0297. The van der Waals surface area contributed by atoms with Gasteiger partial charge in [0.05, 0.1) is 6.61 Å². The van der Waals surface area contributed by atoms with Crippen LogP contribution in [0.5, 0.6) is 0 Å². The van der Waals surface area contributed by atoms with Crippen molar-refractivity contribution in [2.24, 2.45) is 0 Å². The molecule has 20 heavy (non-hydrogen) atoms. The van der Waals surface area contributed by atoms with Crippen LogP contribution in [0.25, 0.3) is 0 Å². The Balaban J connectivity index is 0. The van der Waals surface area contributed by atoms with Gasteiger partial charge in [-0.3, -0.25) is 0 Å². The van der Waals surface area contributed by atoms with Crippen molar-refractivity contribution < 1.29 is 87.4 Å². The van der Waals surface area contributed by atoms with Crippen LogP contribution in [-0.2, 0) is 9.47 Å². The maximum absolute atomic E-state index is 12.2. The average molecular weight is 331 g/mol. The minimum Gasteiger partial charge on any atom is -0.449 e. The molecule has 0 unspecified atom stereocenters. The summed E-state index contributed by atoms with van der Waals surface area (Å²) < 4.78 is 68.8. The van der Waals surface area contributed by atoms with Crippen molar-refractivity contribution in [3.63, 3.8) is 0 Å². The van der Waals surface area contributed by atoms with E-state index in [-0.39, 0.29) is 51.4 Å². The van der Waals surface area contributed by atoms with E-state index >= 15 is 0 Å². The Morgan fingerprint density at radius 3 is 2.10 bits per heavy atom. The van der Waals surface area contributed by atoms with Gasteiger partial charge in [0.25, 0.3) is 0 Å². The zero-order valence-corrected chi connectivity index (χ0v) is 14.9. The van der Waals surface area contributed by atoms with E-state index in [1.807, 2.05) is 5.32 Å². The molecule has 0 fully saturated rings. The molecule has 0 aromatic heterocycles. The van der Waals surface area contributed by atoms with Crippen LogP contribution in [0.15, 0.2) is 0 Å². The van der Waals surface area contributed by atoms with Gasteiger partial charge in [0.2, 0.25) is 0 Å². The Morgan fingerprint density at radius 2 is 1.75 bits per heavy atom. The van der Waals surface area contributed by atoms with E-state index in [0.29, 0.717) is 0 Å². The van der Waals surface area contributed by atoms with Crippen LogP contribution in [0.4, 0.5) is 26.5 Å². The van der Waals surface area contributed by atoms with Crippen molar-refractivity contribution in [1.82, 2.24) is 5.32 Å². The third-order valence-electron chi connectivity index (χ3n) is 1.70. The van der Waals surface area contributed by atoms with Crippen LogP contribution in [0.2, 0.25) is 6.32 Å². The Labute approximate surface area is 156 Å². The maximum Gasteiger partial charge on any atom is 1.00 e. The van der Waals surface area contributed by atoms with E-state index in [1.54, 1.807) is 0 Å². The number of halogens is 5. The summed E-state index contributed by atoms with van der Waals surface area (Å²) in [5, 5.41) is 1.86. The van der Waals surface area contributed by atoms with Gasteiger partial charge >= 0.3 is 71.1 Å². The molecule has 11 heteroatoms. The van der Waals surface area contributed by atoms with Crippen molar-refractivity contribution in [2.45, 2.75) is 45.3 Å². The Bertz CT molecular complexity index is 298. The third kappa shape index (κ3) is 15.0. The van der Waals surface area contributed by atoms with E-state index < -0.39 is 44.3 Å². The Kier molecular flexibility index (Phi) is 10.9. The van der Waals surface area contributed by atoms with Crippen LogP contribution < -0.4 is 56.7 Å². The predicted molar refractivity (Wildman–Crippen MR) is 59.0 cm³/mol. The molecule has 0 rings (SSSR count). The molecule has 0 aliphatic rings. The van der Waals surface area contributed by atoms with Crippen molar-refractivity contribution in [1.29, 1.82) is 0 Å². The first-order valence-corrected chi connectivity index (χ1v) is 5.49. The summed E-state index contributed by atoms with van der Waals surface area (Å²) in [7, 11) is 0. The van der Waals surface area contributed by atoms with Gasteiger partial charge in [-0.05, 0) is 20.8 Å². The minimum absolute atomic E-state index is 0. The fourth-order valence-electron chi connectivity index (χ4n) is 1.15. The van der Waals surface area contributed by atoms with Gasteiger partial charge in [0, 0.05) is 6.04 Å². The first-order chi connectivity index (χ1) is 8.39. The monoisotopic (exact) mass is 331 g/mol. The number of hydrogen-bond donors (Lipinski definition) is 1. The maximum atomic E-state index is 12.2. The van der Waals surface area contributed by atoms with Gasteiger partial charge in [-0.1, -0.05) is 6.32 Å². The zero-order chi connectivity index (χ0) is 15.3. The number of carbonyl (C=O) groups excluding carboxylic acids is 1. The molecule has 0 aliphatic heterocycles. The zero-order valence-electron chi connectivity index (χ0n) is 11.8. The molecule has 4 nitrogen and oxygen atoms in total. The molecular weight excluding hydrogens is 315 g/mol. The first-order valence-electron chi connectivity index (χ1n) is 5.49. The number of alkyl carbamates (subject to hydrolysis) is 1. The Hall–Kier alpha value is 0.581. The van der Waals surface area contributed by atoms with E-state index in [1.165, 1.54) is 20.8 Å². The molecule has 0 saturated carbocycles. The van der Waals surface area contributed by atoms with Crippen LogP contribution in [-0.4, -0.2) is 37.9 Å². The summed E-state index contributed by atoms with van der Waals surface area (Å²) in [4.78, 5) is 11.3. The van der Waals surface area contributed by atoms with Crippen molar-refractivity contribution in [2.75, 3.05) is 6.61 Å². The van der Waals surface area contributed by atoms with E-state index in [4.69, 9.17) is 4.74 Å².